The third kappa shape index (κ3) is 1.80. The lowest BCUT2D eigenvalue weighted by molar-refractivity contribution is 0.972. The Labute approximate surface area is 91.0 Å². The first-order chi connectivity index (χ1) is 7.36. The zero-order valence-electron chi connectivity index (χ0n) is 9.16. The Balaban J connectivity index is 2.84. The first-order valence-electron chi connectivity index (χ1n) is 5.44. The zero-order valence-corrected chi connectivity index (χ0v) is 9.16. The Kier molecular flexibility index (Phi) is 2.86. The molecule has 0 unspecified atom stereocenters. The van der Waals surface area contributed by atoms with Crippen LogP contribution in [0.2, 0.25) is 0 Å². The summed E-state index contributed by atoms with van der Waals surface area (Å²) in [6.07, 6.45) is 12.9. The Bertz CT molecular complexity index is 516. The van der Waals surface area contributed by atoms with E-state index in [9.17, 15) is 0 Å². The van der Waals surface area contributed by atoms with Crippen LogP contribution in [0.15, 0.2) is 30.9 Å². The van der Waals surface area contributed by atoms with Gasteiger partial charge in [0.1, 0.15) is 0 Å². The van der Waals surface area contributed by atoms with Crippen LogP contribution in [0.25, 0.3) is 18.2 Å². The molecule has 0 bridgehead atoms. The highest BCUT2D eigenvalue weighted by molar-refractivity contribution is 5.59. The van der Waals surface area contributed by atoms with E-state index >= 15 is 0 Å². The van der Waals surface area contributed by atoms with Gasteiger partial charge in [-0.15, -0.1) is 0 Å². The highest BCUT2D eigenvalue weighted by Crippen LogP contribution is 2.13. The largest absolute Gasteiger partial charge is 0.0990 e. The smallest absolute Gasteiger partial charge is 0.0149 e. The molecule has 2 rings (SSSR count). The quantitative estimate of drug-likeness (QED) is 0.647. The molecule has 0 spiro atoms. The molecule has 1 aliphatic rings. The lowest BCUT2D eigenvalue weighted by Gasteiger charge is -2.11. The van der Waals surface area contributed by atoms with E-state index in [0.29, 0.717) is 0 Å². The lowest BCUT2D eigenvalue weighted by Crippen LogP contribution is -2.29. The second-order valence-electron chi connectivity index (χ2n) is 3.77. The van der Waals surface area contributed by atoms with Crippen LogP contribution in [0.5, 0.6) is 0 Å². The van der Waals surface area contributed by atoms with Gasteiger partial charge >= 0.3 is 0 Å². The van der Waals surface area contributed by atoms with Gasteiger partial charge in [0, 0.05) is 0 Å². The molecule has 0 radical (unpaired) electrons. The van der Waals surface area contributed by atoms with Crippen LogP contribution in [0.1, 0.15) is 24.5 Å². The summed E-state index contributed by atoms with van der Waals surface area (Å²) in [5, 5.41) is 2.65. The van der Waals surface area contributed by atoms with Crippen molar-refractivity contribution in [3.63, 3.8) is 0 Å². The summed E-state index contributed by atoms with van der Waals surface area (Å²) in [4.78, 5) is 0. The van der Waals surface area contributed by atoms with Crippen LogP contribution < -0.4 is 10.4 Å². The van der Waals surface area contributed by atoms with Crippen LogP contribution in [0, 0.1) is 0 Å². The summed E-state index contributed by atoms with van der Waals surface area (Å²) in [7, 11) is 0. The third-order valence-electron chi connectivity index (χ3n) is 2.88. The molecule has 0 fully saturated rings. The first kappa shape index (κ1) is 9.97. The molecule has 0 atom stereocenters. The molecular formula is C15H16. The predicted octanol–water partition coefficient (Wildman–Crippen LogP) is 2.41. The van der Waals surface area contributed by atoms with Gasteiger partial charge in [-0.1, -0.05) is 49.1 Å². The van der Waals surface area contributed by atoms with Crippen molar-refractivity contribution in [2.24, 2.45) is 0 Å². The fraction of sp³-hybridized carbons (Fsp3) is 0.200. The Morgan fingerprint density at radius 1 is 1.33 bits per heavy atom. The van der Waals surface area contributed by atoms with Crippen LogP contribution >= 0.6 is 0 Å². The molecule has 76 valence electrons. The summed E-state index contributed by atoms with van der Waals surface area (Å²) in [5.41, 5.74) is 2.83. The standard InChI is InChI=1S/C15H16/c1-3-7-14-12(4-2)10-11-13-8-5-6-9-15(13)14/h3-5,7-8,10-11H,1,6,9H2,2H3/b12-4-,14-7+. The predicted molar refractivity (Wildman–Crippen MR) is 67.8 cm³/mol. The molecule has 1 aliphatic carbocycles. The Morgan fingerprint density at radius 3 is 2.93 bits per heavy atom. The molecule has 0 amide bonds. The van der Waals surface area contributed by atoms with E-state index in [1.807, 2.05) is 6.08 Å². The van der Waals surface area contributed by atoms with E-state index in [1.165, 1.54) is 21.6 Å². The maximum atomic E-state index is 3.79. The average molecular weight is 196 g/mol. The Morgan fingerprint density at radius 2 is 2.20 bits per heavy atom. The van der Waals surface area contributed by atoms with Crippen molar-refractivity contribution >= 4 is 18.2 Å². The minimum absolute atomic E-state index is 1.15. The fourth-order valence-electron chi connectivity index (χ4n) is 2.14. The van der Waals surface area contributed by atoms with Crippen LogP contribution in [-0.2, 0) is 6.42 Å². The highest BCUT2D eigenvalue weighted by Gasteiger charge is 2.05. The molecule has 15 heavy (non-hydrogen) atoms. The maximum absolute atomic E-state index is 3.79. The van der Waals surface area contributed by atoms with Crippen molar-refractivity contribution in [3.8, 4) is 0 Å². The maximum Gasteiger partial charge on any atom is -0.0149 e. The van der Waals surface area contributed by atoms with Crippen LogP contribution in [0.4, 0.5) is 0 Å². The van der Waals surface area contributed by atoms with Gasteiger partial charge in [0.15, 0.2) is 0 Å². The molecule has 0 saturated heterocycles. The molecule has 1 aromatic rings. The minimum atomic E-state index is 1.15. The van der Waals surface area contributed by atoms with Gasteiger partial charge < -0.3 is 0 Å². The van der Waals surface area contributed by atoms with Gasteiger partial charge in [0.05, 0.1) is 0 Å². The molecule has 0 aromatic heterocycles. The van der Waals surface area contributed by atoms with Crippen molar-refractivity contribution in [1.29, 1.82) is 0 Å². The van der Waals surface area contributed by atoms with Crippen molar-refractivity contribution in [1.82, 2.24) is 0 Å². The molecule has 0 aliphatic heterocycles. The van der Waals surface area contributed by atoms with Gasteiger partial charge in [-0.25, -0.2) is 0 Å². The molecule has 0 saturated carbocycles. The van der Waals surface area contributed by atoms with E-state index < -0.39 is 0 Å². The lowest BCUT2D eigenvalue weighted by atomic mass is 9.94. The summed E-state index contributed by atoms with van der Waals surface area (Å²) < 4.78 is 0. The van der Waals surface area contributed by atoms with E-state index in [-0.39, 0.29) is 0 Å². The molecule has 0 heterocycles. The third-order valence-corrected chi connectivity index (χ3v) is 2.88. The van der Waals surface area contributed by atoms with Gasteiger partial charge in [0.2, 0.25) is 0 Å². The minimum Gasteiger partial charge on any atom is -0.0990 e. The summed E-state index contributed by atoms with van der Waals surface area (Å²) in [6.45, 7) is 5.88. The number of benzene rings is 1. The number of allylic oxidation sites excluding steroid dienone is 2. The first-order valence-corrected chi connectivity index (χ1v) is 5.44. The number of rotatable bonds is 1. The second kappa shape index (κ2) is 4.31. The molecule has 1 aromatic carbocycles. The topological polar surface area (TPSA) is 0 Å². The molecule has 0 nitrogen and oxygen atoms in total. The van der Waals surface area contributed by atoms with Gasteiger partial charge in [-0.3, -0.25) is 0 Å². The Hall–Kier alpha value is -1.56. The van der Waals surface area contributed by atoms with Crippen molar-refractivity contribution in [3.05, 3.63) is 52.4 Å². The highest BCUT2D eigenvalue weighted by atomic mass is 14.1. The van der Waals surface area contributed by atoms with E-state index in [4.69, 9.17) is 0 Å². The van der Waals surface area contributed by atoms with Crippen LogP contribution in [0.3, 0.4) is 0 Å². The number of fused-ring (bicyclic) bond motifs is 1. The van der Waals surface area contributed by atoms with Crippen molar-refractivity contribution < 1.29 is 0 Å². The summed E-state index contributed by atoms with van der Waals surface area (Å²) in [5.74, 6) is 0. The second-order valence-corrected chi connectivity index (χ2v) is 3.77. The molecule has 0 N–H and O–H groups in total. The molecule has 0 heteroatoms. The van der Waals surface area contributed by atoms with E-state index in [0.717, 1.165) is 12.8 Å². The monoisotopic (exact) mass is 196 g/mol. The molecular weight excluding hydrogens is 180 g/mol. The normalized spacial score (nSPS) is 16.6. The average Bonchev–Trinajstić information content (AvgIpc) is 2.30. The van der Waals surface area contributed by atoms with Gasteiger partial charge in [0.25, 0.3) is 0 Å². The van der Waals surface area contributed by atoms with E-state index in [2.05, 4.69) is 49.9 Å². The van der Waals surface area contributed by atoms with Crippen LogP contribution in [-0.4, -0.2) is 0 Å². The van der Waals surface area contributed by atoms with Gasteiger partial charge in [-0.05, 0) is 41.3 Å². The number of hydrogen-bond acceptors (Lipinski definition) is 0. The zero-order chi connectivity index (χ0) is 10.7. The summed E-state index contributed by atoms with van der Waals surface area (Å²) in [6, 6.07) is 4.39. The number of hydrogen-bond donors (Lipinski definition) is 0. The fourth-order valence-corrected chi connectivity index (χ4v) is 2.14. The SMILES string of the molecule is C=C/C=c1/c2c(cc/c1=C/C)C=CCC2. The van der Waals surface area contributed by atoms with Crippen molar-refractivity contribution in [2.75, 3.05) is 0 Å². The van der Waals surface area contributed by atoms with Gasteiger partial charge in [-0.2, -0.15) is 0 Å². The van der Waals surface area contributed by atoms with Crippen molar-refractivity contribution in [2.45, 2.75) is 19.8 Å². The summed E-state index contributed by atoms with van der Waals surface area (Å²) >= 11 is 0. The van der Waals surface area contributed by atoms with E-state index in [1.54, 1.807) is 0 Å².